The molecular formula is C23H22N2O4. The number of aryl methyl sites for hydroxylation is 2. The van der Waals surface area contributed by atoms with Gasteiger partial charge in [-0.1, -0.05) is 25.1 Å². The van der Waals surface area contributed by atoms with Crippen LogP contribution in [-0.4, -0.2) is 16.4 Å². The molecule has 0 amide bonds. The Morgan fingerprint density at radius 1 is 1.14 bits per heavy atom. The van der Waals surface area contributed by atoms with Crippen molar-refractivity contribution in [1.82, 2.24) is 9.78 Å². The van der Waals surface area contributed by atoms with Crippen LogP contribution in [0.1, 0.15) is 25.2 Å². The average molecular weight is 390 g/mol. The molecule has 2 aromatic heterocycles. The Morgan fingerprint density at radius 3 is 2.66 bits per heavy atom. The molecule has 4 aromatic rings. The lowest BCUT2D eigenvalue weighted by atomic mass is 10.1. The molecule has 6 nitrogen and oxygen atoms in total. The molecule has 4 rings (SSSR count). The van der Waals surface area contributed by atoms with E-state index in [9.17, 15) is 4.79 Å². The van der Waals surface area contributed by atoms with Crippen molar-refractivity contribution >= 4 is 11.0 Å². The Kier molecular flexibility index (Phi) is 5.08. The lowest BCUT2D eigenvalue weighted by Crippen LogP contribution is -2.08. The van der Waals surface area contributed by atoms with Crippen LogP contribution in [-0.2, 0) is 6.42 Å². The van der Waals surface area contributed by atoms with Gasteiger partial charge in [-0.3, -0.25) is 4.79 Å². The van der Waals surface area contributed by atoms with Crippen molar-refractivity contribution in [2.45, 2.75) is 27.2 Å². The molecule has 2 heterocycles. The summed E-state index contributed by atoms with van der Waals surface area (Å²) in [5.74, 6) is 1.77. The summed E-state index contributed by atoms with van der Waals surface area (Å²) in [7, 11) is 0. The number of fused-ring (bicyclic) bond motifs is 1. The van der Waals surface area contributed by atoms with Gasteiger partial charge in [0.15, 0.2) is 5.75 Å². The molecule has 148 valence electrons. The van der Waals surface area contributed by atoms with E-state index in [2.05, 4.69) is 5.10 Å². The molecule has 0 atom stereocenters. The monoisotopic (exact) mass is 390 g/mol. The molecule has 0 bridgehead atoms. The van der Waals surface area contributed by atoms with Crippen molar-refractivity contribution in [3.05, 3.63) is 76.4 Å². The molecule has 0 unspecified atom stereocenters. The summed E-state index contributed by atoms with van der Waals surface area (Å²) in [5, 5.41) is 4.78. The van der Waals surface area contributed by atoms with Crippen molar-refractivity contribution < 1.29 is 13.9 Å². The molecule has 29 heavy (non-hydrogen) atoms. The molecule has 6 heteroatoms. The van der Waals surface area contributed by atoms with Crippen LogP contribution in [0.4, 0.5) is 0 Å². The van der Waals surface area contributed by atoms with Gasteiger partial charge in [0.25, 0.3) is 0 Å². The number of hydrogen-bond donors (Lipinski definition) is 0. The summed E-state index contributed by atoms with van der Waals surface area (Å²) in [5.41, 5.74) is 2.13. The molecule has 0 fully saturated rings. The summed E-state index contributed by atoms with van der Waals surface area (Å²) >= 11 is 0. The Hall–Kier alpha value is -3.54. The summed E-state index contributed by atoms with van der Waals surface area (Å²) in [6.07, 6.45) is 4.05. The zero-order chi connectivity index (χ0) is 20.4. The number of para-hydroxylation sites is 1. The van der Waals surface area contributed by atoms with Gasteiger partial charge in [-0.25, -0.2) is 4.68 Å². The predicted molar refractivity (Wildman–Crippen MR) is 111 cm³/mol. The third-order valence-corrected chi connectivity index (χ3v) is 4.68. The number of aromatic nitrogens is 2. The van der Waals surface area contributed by atoms with E-state index in [1.165, 1.54) is 0 Å². The van der Waals surface area contributed by atoms with Crippen LogP contribution < -0.4 is 14.9 Å². The second kappa shape index (κ2) is 7.83. The Morgan fingerprint density at radius 2 is 1.93 bits per heavy atom. The molecule has 0 spiro atoms. The van der Waals surface area contributed by atoms with E-state index in [1.807, 2.05) is 50.2 Å². The quantitative estimate of drug-likeness (QED) is 0.461. The third kappa shape index (κ3) is 3.61. The Balaban J connectivity index is 1.74. The third-order valence-electron chi connectivity index (χ3n) is 4.68. The summed E-state index contributed by atoms with van der Waals surface area (Å²) in [6.45, 7) is 6.21. The molecule has 0 saturated heterocycles. The van der Waals surface area contributed by atoms with Crippen LogP contribution in [0.3, 0.4) is 0 Å². The van der Waals surface area contributed by atoms with Gasteiger partial charge in [-0.15, -0.1) is 0 Å². The number of hydrogen-bond acceptors (Lipinski definition) is 5. The minimum absolute atomic E-state index is 0.163. The first-order chi connectivity index (χ1) is 14.1. The molecule has 0 N–H and O–H groups in total. The molecule has 0 aliphatic heterocycles. The fourth-order valence-corrected chi connectivity index (χ4v) is 3.24. The van der Waals surface area contributed by atoms with Gasteiger partial charge in [-0.2, -0.15) is 5.10 Å². The van der Waals surface area contributed by atoms with Gasteiger partial charge in [0.05, 0.1) is 30.1 Å². The molecule has 0 radical (unpaired) electrons. The normalized spacial score (nSPS) is 11.0. The fourth-order valence-electron chi connectivity index (χ4n) is 3.24. The van der Waals surface area contributed by atoms with Crippen LogP contribution in [0, 0.1) is 6.92 Å². The van der Waals surface area contributed by atoms with E-state index >= 15 is 0 Å². The van der Waals surface area contributed by atoms with Crippen molar-refractivity contribution in [3.8, 4) is 22.9 Å². The second-order valence-corrected chi connectivity index (χ2v) is 6.62. The molecule has 0 aliphatic carbocycles. The van der Waals surface area contributed by atoms with Crippen LogP contribution in [0.25, 0.3) is 16.7 Å². The van der Waals surface area contributed by atoms with Crippen molar-refractivity contribution in [2.75, 3.05) is 6.61 Å². The maximum absolute atomic E-state index is 13.1. The maximum atomic E-state index is 13.1. The Labute approximate surface area is 168 Å². The summed E-state index contributed by atoms with van der Waals surface area (Å²) in [4.78, 5) is 13.1. The highest BCUT2D eigenvalue weighted by Gasteiger charge is 2.17. The predicted octanol–water partition coefficient (Wildman–Crippen LogP) is 5.04. The molecule has 0 aliphatic rings. The van der Waals surface area contributed by atoms with Gasteiger partial charge < -0.3 is 13.9 Å². The first-order valence-corrected chi connectivity index (χ1v) is 9.61. The van der Waals surface area contributed by atoms with Crippen molar-refractivity contribution in [3.63, 3.8) is 0 Å². The second-order valence-electron chi connectivity index (χ2n) is 6.62. The number of rotatable bonds is 6. The summed E-state index contributed by atoms with van der Waals surface area (Å²) < 4.78 is 19.1. The highest BCUT2D eigenvalue weighted by atomic mass is 16.5. The van der Waals surface area contributed by atoms with Crippen LogP contribution >= 0.6 is 0 Å². The van der Waals surface area contributed by atoms with E-state index in [1.54, 1.807) is 30.1 Å². The first-order valence-electron chi connectivity index (χ1n) is 9.61. The molecular weight excluding hydrogens is 368 g/mol. The maximum Gasteiger partial charge on any atom is 0.235 e. The van der Waals surface area contributed by atoms with E-state index in [0.29, 0.717) is 29.1 Å². The molecule has 0 saturated carbocycles. The average Bonchev–Trinajstić information content (AvgIpc) is 3.20. The number of nitrogens with zero attached hydrogens (tertiary/aromatic N) is 2. The van der Waals surface area contributed by atoms with Crippen LogP contribution in [0.2, 0.25) is 0 Å². The topological polar surface area (TPSA) is 66.5 Å². The van der Waals surface area contributed by atoms with E-state index in [0.717, 1.165) is 23.4 Å². The van der Waals surface area contributed by atoms with Gasteiger partial charge in [0.2, 0.25) is 11.2 Å². The summed E-state index contributed by atoms with van der Waals surface area (Å²) in [6, 6.07) is 13.3. The Bertz CT molecular complexity index is 1210. The zero-order valence-electron chi connectivity index (χ0n) is 16.6. The SMILES string of the molecule is CCOc1cc2oc(C)c(Oc3cnn(-c4ccccc4)c3)c(=O)c2cc1CC. The molecule has 2 aromatic carbocycles. The standard InChI is InChI=1S/C23H22N2O4/c1-4-16-11-19-21(12-20(16)27-5-2)28-15(3)23(22(19)26)29-18-13-24-25(14-18)17-9-7-6-8-10-17/h6-14H,4-5H2,1-3H3. The minimum atomic E-state index is -0.214. The lowest BCUT2D eigenvalue weighted by molar-refractivity contribution is 0.336. The number of ether oxygens (including phenoxy) is 2. The minimum Gasteiger partial charge on any atom is -0.493 e. The van der Waals surface area contributed by atoms with Crippen LogP contribution in [0.5, 0.6) is 17.2 Å². The van der Waals surface area contributed by atoms with Gasteiger partial charge >= 0.3 is 0 Å². The van der Waals surface area contributed by atoms with Gasteiger partial charge in [0.1, 0.15) is 17.1 Å². The van der Waals surface area contributed by atoms with E-state index in [-0.39, 0.29) is 11.2 Å². The first kappa shape index (κ1) is 18.8. The fraction of sp³-hybridized carbons (Fsp3) is 0.217. The van der Waals surface area contributed by atoms with E-state index < -0.39 is 0 Å². The highest BCUT2D eigenvalue weighted by molar-refractivity contribution is 5.81. The van der Waals surface area contributed by atoms with Gasteiger partial charge in [-0.05, 0) is 44.0 Å². The van der Waals surface area contributed by atoms with Gasteiger partial charge in [0, 0.05) is 6.07 Å². The largest absolute Gasteiger partial charge is 0.493 e. The van der Waals surface area contributed by atoms with E-state index in [4.69, 9.17) is 13.9 Å². The highest BCUT2D eigenvalue weighted by Crippen LogP contribution is 2.30. The van der Waals surface area contributed by atoms with Crippen molar-refractivity contribution in [1.29, 1.82) is 0 Å². The number of benzene rings is 2. The van der Waals surface area contributed by atoms with Crippen molar-refractivity contribution in [2.24, 2.45) is 0 Å². The lowest BCUT2D eigenvalue weighted by Gasteiger charge is -2.12. The zero-order valence-corrected chi connectivity index (χ0v) is 16.6. The smallest absolute Gasteiger partial charge is 0.235 e. The van der Waals surface area contributed by atoms with Crippen LogP contribution in [0.15, 0.2) is 64.1 Å².